The number of nitrogens with one attached hydrogen (secondary N) is 4. The van der Waals surface area contributed by atoms with Crippen LogP contribution < -0.4 is 25.4 Å². The number of carboxylic acid groups (broad SMARTS) is 1. The van der Waals surface area contributed by atoms with Crippen LogP contribution in [0.25, 0.3) is 0 Å². The Morgan fingerprint density at radius 2 is 1.48 bits per heavy atom. The second kappa shape index (κ2) is 14.3. The van der Waals surface area contributed by atoms with Crippen LogP contribution >= 0.6 is 0 Å². The molecule has 4 rings (SSSR count). The highest BCUT2D eigenvalue weighted by Crippen LogP contribution is 2.27. The van der Waals surface area contributed by atoms with Crippen LogP contribution in [0, 0.1) is 6.92 Å². The first-order chi connectivity index (χ1) is 21.0. The van der Waals surface area contributed by atoms with E-state index in [-0.39, 0.29) is 17.2 Å². The molecule has 3 amide bonds. The van der Waals surface area contributed by atoms with Crippen molar-refractivity contribution in [3.8, 4) is 5.75 Å². The summed E-state index contributed by atoms with van der Waals surface area (Å²) >= 11 is 0. The molecule has 0 bridgehead atoms. The molecule has 44 heavy (non-hydrogen) atoms. The van der Waals surface area contributed by atoms with Crippen LogP contribution in [0.15, 0.2) is 102 Å². The third-order valence-electron chi connectivity index (χ3n) is 6.60. The summed E-state index contributed by atoms with van der Waals surface area (Å²) in [4.78, 5) is 36.8. The monoisotopic (exact) mass is 616 g/mol. The van der Waals surface area contributed by atoms with E-state index in [0.29, 0.717) is 33.9 Å². The molecule has 11 nitrogen and oxygen atoms in total. The first-order valence-electron chi connectivity index (χ1n) is 13.5. The van der Waals surface area contributed by atoms with E-state index < -0.39 is 34.5 Å². The summed E-state index contributed by atoms with van der Waals surface area (Å²) in [6, 6.07) is 24.8. The minimum atomic E-state index is -3.97. The molecule has 0 radical (unpaired) electrons. The fourth-order valence-corrected chi connectivity index (χ4v) is 5.63. The van der Waals surface area contributed by atoms with E-state index >= 15 is 0 Å². The molecule has 0 spiro atoms. The van der Waals surface area contributed by atoms with Crippen molar-refractivity contribution in [3.05, 3.63) is 114 Å². The number of carbonyl (C=O) groups excluding carboxylic acids is 2. The maximum Gasteiger partial charge on any atom is 0.323 e. The van der Waals surface area contributed by atoms with Crippen LogP contribution in [0.1, 0.15) is 29.2 Å². The van der Waals surface area contributed by atoms with Crippen LogP contribution in [-0.4, -0.2) is 38.5 Å². The molecule has 0 heterocycles. The van der Waals surface area contributed by atoms with E-state index in [1.807, 2.05) is 25.1 Å². The molecular formula is C32H32N4O7S. The number of methoxy groups -OCH3 is 1. The molecule has 0 aliphatic carbocycles. The van der Waals surface area contributed by atoms with Gasteiger partial charge in [0.2, 0.25) is 15.9 Å². The number of rotatable bonds is 12. The summed E-state index contributed by atoms with van der Waals surface area (Å²) in [6.45, 7) is 1.89. The summed E-state index contributed by atoms with van der Waals surface area (Å²) in [6.07, 6.45) is -0.468. The second-order valence-corrected chi connectivity index (χ2v) is 11.6. The number of carbonyl (C=O) groups is 3. The average Bonchev–Trinajstić information content (AvgIpc) is 2.99. The van der Waals surface area contributed by atoms with E-state index in [1.54, 1.807) is 66.7 Å². The minimum Gasteiger partial charge on any atom is -0.495 e. The molecule has 4 aromatic carbocycles. The molecule has 0 fully saturated rings. The molecule has 1 unspecified atom stereocenters. The zero-order chi connectivity index (χ0) is 31.7. The lowest BCUT2D eigenvalue weighted by Crippen LogP contribution is -2.30. The topological polar surface area (TPSA) is 163 Å². The van der Waals surface area contributed by atoms with E-state index in [1.165, 1.54) is 19.2 Å². The summed E-state index contributed by atoms with van der Waals surface area (Å²) in [5.41, 5.74) is 3.52. The van der Waals surface area contributed by atoms with Gasteiger partial charge >= 0.3 is 12.0 Å². The number of hydrogen-bond donors (Lipinski definition) is 5. The molecule has 0 saturated carbocycles. The van der Waals surface area contributed by atoms with Gasteiger partial charge in [0.1, 0.15) is 5.75 Å². The fraction of sp³-hybridized carbons (Fsp3) is 0.156. The Bertz CT molecular complexity index is 1740. The molecule has 0 aliphatic heterocycles. The molecule has 0 saturated heterocycles. The highest BCUT2D eigenvalue weighted by atomic mass is 32.2. The smallest absolute Gasteiger partial charge is 0.323 e. The van der Waals surface area contributed by atoms with Crippen molar-refractivity contribution in [1.82, 2.24) is 4.72 Å². The molecule has 12 heteroatoms. The lowest BCUT2D eigenvalue weighted by atomic mass is 10.0. The van der Waals surface area contributed by atoms with Crippen molar-refractivity contribution in [2.24, 2.45) is 0 Å². The van der Waals surface area contributed by atoms with Crippen LogP contribution in [-0.2, 0) is 26.0 Å². The largest absolute Gasteiger partial charge is 0.495 e. The predicted molar refractivity (Wildman–Crippen MR) is 167 cm³/mol. The lowest BCUT2D eigenvalue weighted by Gasteiger charge is -2.18. The Morgan fingerprint density at radius 1 is 0.818 bits per heavy atom. The third kappa shape index (κ3) is 8.66. The Labute approximate surface area is 255 Å². The van der Waals surface area contributed by atoms with E-state index in [4.69, 9.17) is 4.74 Å². The molecule has 228 valence electrons. The SMILES string of the molecule is COc1cc(CC(=O)Nc2ccc(C(CC(=O)O)NS(=O)(=O)c3ccccc3)cc2)ccc1NC(=O)Nc1ccccc1C. The summed E-state index contributed by atoms with van der Waals surface area (Å²) in [7, 11) is -2.51. The quantitative estimate of drug-likeness (QED) is 0.144. The van der Waals surface area contributed by atoms with Crippen LogP contribution in [0.4, 0.5) is 21.9 Å². The van der Waals surface area contributed by atoms with Gasteiger partial charge in [0.05, 0.1) is 36.6 Å². The summed E-state index contributed by atoms with van der Waals surface area (Å²) < 4.78 is 33.5. The number of aliphatic carboxylic acids is 1. The number of sulfonamides is 1. The Kier molecular flexibility index (Phi) is 10.3. The van der Waals surface area contributed by atoms with Gasteiger partial charge in [-0.2, -0.15) is 0 Å². The van der Waals surface area contributed by atoms with Gasteiger partial charge in [0, 0.05) is 11.4 Å². The van der Waals surface area contributed by atoms with Crippen LogP contribution in [0.3, 0.4) is 0 Å². The van der Waals surface area contributed by atoms with Gasteiger partial charge in [-0.05, 0) is 66.1 Å². The molecule has 0 aliphatic rings. The first kappa shape index (κ1) is 31.7. The minimum absolute atomic E-state index is 0.00626. The van der Waals surface area contributed by atoms with Gasteiger partial charge in [0.25, 0.3) is 0 Å². The standard InChI is InChI=1S/C32H32N4O7S/c1-21-8-6-7-11-26(21)34-32(40)35-27-17-12-22(18-29(27)43-2)19-30(37)33-24-15-13-23(14-16-24)28(20-31(38)39)36-44(41,42)25-9-4-3-5-10-25/h3-18,28,36H,19-20H2,1-2H3,(H,33,37)(H,38,39)(H2,34,35,40). The number of hydrogen-bond acceptors (Lipinski definition) is 6. The van der Waals surface area contributed by atoms with Gasteiger partial charge in [-0.25, -0.2) is 17.9 Å². The first-order valence-corrected chi connectivity index (χ1v) is 15.0. The highest BCUT2D eigenvalue weighted by Gasteiger charge is 2.23. The Morgan fingerprint density at radius 3 is 2.14 bits per heavy atom. The Hall–Kier alpha value is -5.20. The summed E-state index contributed by atoms with van der Waals surface area (Å²) in [5, 5.41) is 17.7. The normalized spacial score (nSPS) is 11.7. The number of anilines is 3. The fourth-order valence-electron chi connectivity index (χ4n) is 4.38. The van der Waals surface area contributed by atoms with Crippen molar-refractivity contribution in [2.45, 2.75) is 30.7 Å². The van der Waals surface area contributed by atoms with Crippen LogP contribution in [0.5, 0.6) is 5.75 Å². The van der Waals surface area contributed by atoms with Crippen LogP contribution in [0.2, 0.25) is 0 Å². The van der Waals surface area contributed by atoms with Crippen molar-refractivity contribution < 1.29 is 32.6 Å². The second-order valence-electron chi connectivity index (χ2n) is 9.86. The molecule has 4 aromatic rings. The maximum absolute atomic E-state index is 12.8. The predicted octanol–water partition coefficient (Wildman–Crippen LogP) is 5.32. The average molecular weight is 617 g/mol. The molecular weight excluding hydrogens is 584 g/mol. The number of amides is 3. The van der Waals surface area contributed by atoms with Gasteiger partial charge in [0.15, 0.2) is 0 Å². The zero-order valence-corrected chi connectivity index (χ0v) is 24.9. The number of carboxylic acids is 1. The van der Waals surface area contributed by atoms with Gasteiger partial charge in [-0.15, -0.1) is 0 Å². The number of para-hydroxylation sites is 1. The highest BCUT2D eigenvalue weighted by molar-refractivity contribution is 7.89. The Balaban J connectivity index is 1.38. The van der Waals surface area contributed by atoms with E-state index in [9.17, 15) is 27.9 Å². The number of urea groups is 1. The van der Waals surface area contributed by atoms with Gasteiger partial charge < -0.3 is 25.8 Å². The van der Waals surface area contributed by atoms with Crippen molar-refractivity contribution in [3.63, 3.8) is 0 Å². The molecule has 1 atom stereocenters. The van der Waals surface area contributed by atoms with E-state index in [0.717, 1.165) is 5.56 Å². The van der Waals surface area contributed by atoms with Crippen molar-refractivity contribution in [1.29, 1.82) is 0 Å². The number of benzene rings is 4. The number of ether oxygens (including phenoxy) is 1. The lowest BCUT2D eigenvalue weighted by molar-refractivity contribution is -0.137. The molecule has 0 aromatic heterocycles. The van der Waals surface area contributed by atoms with Gasteiger partial charge in [-0.1, -0.05) is 54.6 Å². The maximum atomic E-state index is 12.8. The van der Waals surface area contributed by atoms with Crippen molar-refractivity contribution >= 4 is 45.0 Å². The van der Waals surface area contributed by atoms with E-state index in [2.05, 4.69) is 20.7 Å². The third-order valence-corrected chi connectivity index (χ3v) is 8.09. The van der Waals surface area contributed by atoms with Crippen molar-refractivity contribution in [2.75, 3.05) is 23.1 Å². The zero-order valence-electron chi connectivity index (χ0n) is 24.0. The number of aryl methyl sites for hydroxylation is 1. The molecule has 5 N–H and O–H groups in total. The van der Waals surface area contributed by atoms with Gasteiger partial charge in [-0.3, -0.25) is 9.59 Å². The summed E-state index contributed by atoms with van der Waals surface area (Å²) in [5.74, 6) is -1.13.